The van der Waals surface area contributed by atoms with Crippen molar-refractivity contribution in [2.75, 3.05) is 105 Å². The summed E-state index contributed by atoms with van der Waals surface area (Å²) in [5.74, 6) is 11.6. The number of nitrogens with one attached hydrogen (secondary N) is 1. The minimum absolute atomic E-state index is 0.176. The number of nitriles is 1. The number of nitrogen functional groups attached to an aromatic ring is 4. The highest BCUT2D eigenvalue weighted by Gasteiger charge is 2.50. The first kappa shape index (κ1) is 66.7. The number of rotatable bonds is 12. The van der Waals surface area contributed by atoms with Crippen LogP contribution in [0.15, 0.2) is 73.8 Å². The molecule has 26 rings (SSSR count). The highest BCUT2D eigenvalue weighted by molar-refractivity contribution is 5.68. The van der Waals surface area contributed by atoms with Gasteiger partial charge in [-0.15, -0.1) is 0 Å². The molecular weight excluding hydrogens is 1330 g/mol. The van der Waals surface area contributed by atoms with Crippen molar-refractivity contribution in [1.82, 2.24) is 85.1 Å². The van der Waals surface area contributed by atoms with E-state index < -0.39 is 5.41 Å². The van der Waals surface area contributed by atoms with Crippen molar-refractivity contribution in [2.24, 2.45) is 35.5 Å². The second kappa shape index (κ2) is 27.1. The lowest BCUT2D eigenvalue weighted by Gasteiger charge is -2.36. The van der Waals surface area contributed by atoms with E-state index in [0.29, 0.717) is 65.9 Å². The van der Waals surface area contributed by atoms with Crippen LogP contribution in [-0.2, 0) is 10.2 Å². The van der Waals surface area contributed by atoms with Gasteiger partial charge in [-0.2, -0.15) is 15.2 Å². The van der Waals surface area contributed by atoms with E-state index in [0.717, 1.165) is 181 Å². The van der Waals surface area contributed by atoms with Crippen LogP contribution in [0.5, 0.6) is 0 Å². The Bertz CT molecular complexity index is 4390. The molecule has 18 aliphatic rings. The van der Waals surface area contributed by atoms with Crippen LogP contribution in [0, 0.1) is 46.8 Å². The standard InChI is InChI=1S/2C20H25N7.C19H25N7O.C18H19N7/c21-19-23-8-14(9-24-19)16-5-17(18-12-1-2-13(18)7-22-6-12)26-20(25-16)27-10-11-3-15(27)4-11;21-19-22-9-13(10-23-19)17-8-18(27-14-2-1-3-15(27)5-4-14)25-20(24-17)26-11-12-6-16(26)7-12;1-11-8-25(9-12(2)27-11)17-5-16(14-6-21-18(20)22-7-14)23-19(24-17)26-10-13-3-15(26)4-13;19-10-18(2-1-3-18)15-6-14(12-7-21-16(20)22-8-12)23-17(24-15)25-9-11-4-13(25)5-11/h5,8-9,11-13,15,18,22H,1-4,6-7,10H2,(H2,21,23,24);8-10,12,14-16H,1-7,11H2,(H2,21,22,23);5-7,11-13,15H,3-4,8-10H2,1-2H3,(H2,20,21,22);6-8,11,13H,1-5,9H2,(H2,20,21,22). The van der Waals surface area contributed by atoms with Crippen molar-refractivity contribution >= 4 is 59.2 Å². The first-order chi connectivity index (χ1) is 51.7. The second-order valence-electron chi connectivity index (χ2n) is 32.8. The third kappa shape index (κ3) is 12.7. The van der Waals surface area contributed by atoms with Crippen LogP contribution >= 0.6 is 0 Å². The van der Waals surface area contributed by atoms with Crippen molar-refractivity contribution in [2.45, 2.75) is 189 Å². The van der Waals surface area contributed by atoms with Crippen LogP contribution in [0.3, 0.4) is 0 Å². The van der Waals surface area contributed by atoms with Gasteiger partial charge in [0, 0.05) is 165 Å². The van der Waals surface area contributed by atoms with E-state index in [2.05, 4.69) is 107 Å². The van der Waals surface area contributed by atoms with E-state index in [-0.39, 0.29) is 24.1 Å². The number of hydrogen-bond acceptors (Lipinski definition) is 29. The summed E-state index contributed by atoms with van der Waals surface area (Å²) in [5, 5.41) is 13.3. The normalized spacial score (nSPS) is 30.3. The van der Waals surface area contributed by atoms with Gasteiger partial charge in [0.2, 0.25) is 47.6 Å². The summed E-state index contributed by atoms with van der Waals surface area (Å²) in [6.07, 6.45) is 36.3. The predicted octanol–water partition coefficient (Wildman–Crippen LogP) is 8.25. The molecule has 29 nitrogen and oxygen atoms in total. The summed E-state index contributed by atoms with van der Waals surface area (Å²) in [4.78, 5) is 87.0. The molecule has 6 saturated carbocycles. The zero-order valence-electron chi connectivity index (χ0n) is 60.5. The average Bonchev–Trinajstić information content (AvgIpc) is 1.41. The molecule has 6 unspecified atom stereocenters. The van der Waals surface area contributed by atoms with Crippen LogP contribution < -0.4 is 57.7 Å². The molecular formula is C77H94N28O. The first-order valence-corrected chi connectivity index (χ1v) is 39.0. The summed E-state index contributed by atoms with van der Waals surface area (Å²) >= 11 is 0. The van der Waals surface area contributed by atoms with E-state index >= 15 is 0 Å². The van der Waals surface area contributed by atoms with Crippen molar-refractivity contribution in [3.8, 4) is 51.1 Å². The van der Waals surface area contributed by atoms with Crippen LogP contribution in [0.4, 0.5) is 59.2 Å². The third-order valence-corrected chi connectivity index (χ3v) is 25.9. The Morgan fingerprint density at radius 1 is 0.425 bits per heavy atom. The van der Waals surface area contributed by atoms with Gasteiger partial charge in [-0.05, 0) is 190 Å². The molecule has 6 aliphatic carbocycles. The highest BCUT2D eigenvalue weighted by atomic mass is 16.5. The highest BCUT2D eigenvalue weighted by Crippen LogP contribution is 2.51. The lowest BCUT2D eigenvalue weighted by molar-refractivity contribution is -0.00546. The molecule has 9 N–H and O–H groups in total. The van der Waals surface area contributed by atoms with Crippen LogP contribution in [0.25, 0.3) is 45.0 Å². The van der Waals surface area contributed by atoms with Gasteiger partial charge in [0.15, 0.2) is 0 Å². The minimum atomic E-state index is -0.468. The lowest BCUT2D eigenvalue weighted by Crippen LogP contribution is -2.46. The molecule has 548 valence electrons. The van der Waals surface area contributed by atoms with Crippen molar-refractivity contribution in [3.63, 3.8) is 0 Å². The van der Waals surface area contributed by atoms with Gasteiger partial charge in [-0.25, -0.2) is 69.8 Å². The fourth-order valence-corrected chi connectivity index (χ4v) is 19.9. The molecule has 12 bridgehead atoms. The molecule has 18 fully saturated rings. The van der Waals surface area contributed by atoms with Crippen LogP contribution in [0.1, 0.15) is 147 Å². The topological polar surface area (TPSA) is 375 Å². The first-order valence-electron chi connectivity index (χ1n) is 39.0. The number of aromatic nitrogens is 16. The monoisotopic (exact) mass is 1430 g/mol. The summed E-state index contributed by atoms with van der Waals surface area (Å²) < 4.78 is 5.89. The maximum Gasteiger partial charge on any atom is 0.228 e. The molecule has 20 heterocycles. The van der Waals surface area contributed by atoms with E-state index in [1.54, 1.807) is 49.6 Å². The SMILES string of the molecule is CC1CN(c2cc(-c3cnc(N)nc3)nc(N3CC4CC3C4)n2)CC(C)O1.N#CC1(c2cc(-c3cnc(N)nc3)nc(N3CC4CC3C4)n2)CCC1.Nc1ncc(-c2cc(C3C4CCC3CNC4)nc(N3CC4CC3C4)n2)cn1.Nc1ncc(-c2cc(N3C4CCCC3CC4)nc(N3CC4CC3C4)n2)cn1. The Morgan fingerprint density at radius 2 is 0.802 bits per heavy atom. The largest absolute Gasteiger partial charge is 0.372 e. The Kier molecular flexibility index (Phi) is 17.1. The van der Waals surface area contributed by atoms with Crippen molar-refractivity contribution in [1.29, 1.82) is 5.26 Å². The third-order valence-electron chi connectivity index (χ3n) is 25.9. The molecule has 0 aromatic carbocycles. The van der Waals surface area contributed by atoms with Crippen molar-refractivity contribution in [3.05, 3.63) is 85.2 Å². The van der Waals surface area contributed by atoms with Gasteiger partial charge in [-0.3, -0.25) is 0 Å². The smallest absolute Gasteiger partial charge is 0.228 e. The quantitative estimate of drug-likeness (QED) is 0.0768. The lowest BCUT2D eigenvalue weighted by atomic mass is 9.67. The molecule has 0 radical (unpaired) electrons. The molecule has 12 aliphatic heterocycles. The van der Waals surface area contributed by atoms with E-state index in [9.17, 15) is 5.26 Å². The summed E-state index contributed by atoms with van der Waals surface area (Å²) in [5.41, 5.74) is 31.1. The van der Waals surface area contributed by atoms with Gasteiger partial charge in [-0.1, -0.05) is 0 Å². The maximum atomic E-state index is 9.74. The minimum Gasteiger partial charge on any atom is -0.372 e. The molecule has 106 heavy (non-hydrogen) atoms. The number of fused-ring (bicyclic) bond motifs is 8. The number of ether oxygens (including phenoxy) is 1. The van der Waals surface area contributed by atoms with Gasteiger partial charge < -0.3 is 62.4 Å². The summed E-state index contributed by atoms with van der Waals surface area (Å²) in [6, 6.07) is 14.4. The Balaban J connectivity index is 0.0000000968. The van der Waals surface area contributed by atoms with Crippen LogP contribution in [0.2, 0.25) is 0 Å². The number of hydrogen-bond donors (Lipinski definition) is 5. The average molecular weight is 1430 g/mol. The predicted molar refractivity (Wildman–Crippen MR) is 404 cm³/mol. The van der Waals surface area contributed by atoms with E-state index in [1.165, 1.54) is 102 Å². The summed E-state index contributed by atoms with van der Waals surface area (Å²) in [7, 11) is 0. The van der Waals surface area contributed by atoms with E-state index in [4.69, 9.17) is 67.5 Å². The molecule has 12 saturated heterocycles. The number of nitrogens with zero attached hydrogens (tertiary/aromatic N) is 23. The number of anilines is 10. The number of morpholine rings is 1. The molecule has 6 atom stereocenters. The van der Waals surface area contributed by atoms with E-state index in [1.807, 2.05) is 12.1 Å². The second-order valence-corrected chi connectivity index (χ2v) is 32.8. The Morgan fingerprint density at radius 3 is 1.19 bits per heavy atom. The molecule has 0 amide bonds. The molecule has 8 aromatic heterocycles. The fourth-order valence-electron chi connectivity index (χ4n) is 19.9. The molecule has 8 aromatic rings. The van der Waals surface area contributed by atoms with Gasteiger partial charge in [0.1, 0.15) is 11.6 Å². The van der Waals surface area contributed by atoms with Crippen LogP contribution in [-0.4, -0.2) is 181 Å². The number of nitrogens with two attached hydrogens (primary N) is 4. The van der Waals surface area contributed by atoms with Gasteiger partial charge in [0.25, 0.3) is 0 Å². The van der Waals surface area contributed by atoms with Gasteiger partial charge in [0.05, 0.1) is 57.9 Å². The molecule has 29 heteroatoms. The fraction of sp³-hybridized carbons (Fsp3) is 0.571. The zero-order chi connectivity index (χ0) is 71.5. The number of piperidine rings is 2. The Labute approximate surface area is 617 Å². The maximum absolute atomic E-state index is 9.74. The Hall–Kier alpha value is -9.95. The van der Waals surface area contributed by atoms with Crippen molar-refractivity contribution < 1.29 is 4.74 Å². The zero-order valence-corrected chi connectivity index (χ0v) is 60.5. The summed E-state index contributed by atoms with van der Waals surface area (Å²) in [6.45, 7) is 12.3. The molecule has 0 spiro atoms. The van der Waals surface area contributed by atoms with Gasteiger partial charge >= 0.3 is 0 Å².